The summed E-state index contributed by atoms with van der Waals surface area (Å²) in [6.07, 6.45) is 0. The SMILES string of the molecule is N#CC(c1ccc(F)cc1)c1ccc(NC(=O)c2c(O)cccc2O)cc1. The van der Waals surface area contributed by atoms with Gasteiger partial charge in [-0.25, -0.2) is 4.39 Å². The van der Waals surface area contributed by atoms with Crippen molar-refractivity contribution in [2.45, 2.75) is 5.92 Å². The van der Waals surface area contributed by atoms with Gasteiger partial charge >= 0.3 is 0 Å². The fraction of sp³-hybridized carbons (Fsp3) is 0.0476. The van der Waals surface area contributed by atoms with E-state index in [1.807, 2.05) is 0 Å². The average molecular weight is 362 g/mol. The number of phenols is 2. The maximum atomic E-state index is 13.1. The highest BCUT2D eigenvalue weighted by Gasteiger charge is 2.17. The van der Waals surface area contributed by atoms with Gasteiger partial charge in [-0.05, 0) is 47.5 Å². The van der Waals surface area contributed by atoms with Crippen LogP contribution in [0.3, 0.4) is 0 Å². The number of carbonyl (C=O) groups is 1. The summed E-state index contributed by atoms with van der Waals surface area (Å²) >= 11 is 0. The van der Waals surface area contributed by atoms with Crippen molar-refractivity contribution < 1.29 is 19.4 Å². The van der Waals surface area contributed by atoms with Gasteiger partial charge in [0.15, 0.2) is 0 Å². The van der Waals surface area contributed by atoms with Gasteiger partial charge in [0.1, 0.15) is 22.9 Å². The predicted molar refractivity (Wildman–Crippen MR) is 98.0 cm³/mol. The number of anilines is 1. The molecule has 0 aliphatic rings. The Morgan fingerprint density at radius 2 is 1.44 bits per heavy atom. The summed E-state index contributed by atoms with van der Waals surface area (Å²) in [5, 5.41) is 31.5. The second kappa shape index (κ2) is 7.58. The summed E-state index contributed by atoms with van der Waals surface area (Å²) in [5.74, 6) is -2.26. The standard InChI is InChI=1S/C21H15FN2O3/c22-15-8-4-13(5-9-15)17(12-23)14-6-10-16(11-7-14)24-21(27)20-18(25)2-1-3-19(20)26/h1-11,17,25-26H,(H,24,27). The molecular weight excluding hydrogens is 347 g/mol. The van der Waals surface area contributed by atoms with Crippen molar-refractivity contribution >= 4 is 11.6 Å². The number of carbonyl (C=O) groups excluding carboxylic acids is 1. The molecule has 1 atom stereocenters. The van der Waals surface area contributed by atoms with Crippen molar-refractivity contribution in [2.24, 2.45) is 0 Å². The van der Waals surface area contributed by atoms with E-state index in [0.29, 0.717) is 16.8 Å². The van der Waals surface area contributed by atoms with Crippen LogP contribution in [-0.4, -0.2) is 16.1 Å². The molecule has 0 aliphatic heterocycles. The van der Waals surface area contributed by atoms with Gasteiger partial charge in [-0.1, -0.05) is 30.3 Å². The summed E-state index contributed by atoms with van der Waals surface area (Å²) in [6.45, 7) is 0. The summed E-state index contributed by atoms with van der Waals surface area (Å²) in [4.78, 5) is 12.3. The van der Waals surface area contributed by atoms with Gasteiger partial charge in [-0.3, -0.25) is 4.79 Å². The maximum absolute atomic E-state index is 13.1. The number of benzene rings is 3. The van der Waals surface area contributed by atoms with Crippen LogP contribution in [0.5, 0.6) is 11.5 Å². The summed E-state index contributed by atoms with van der Waals surface area (Å²) < 4.78 is 13.1. The molecule has 27 heavy (non-hydrogen) atoms. The molecule has 134 valence electrons. The zero-order chi connectivity index (χ0) is 19.4. The lowest BCUT2D eigenvalue weighted by atomic mass is 9.92. The first-order valence-electron chi connectivity index (χ1n) is 8.07. The third kappa shape index (κ3) is 3.88. The second-order valence-electron chi connectivity index (χ2n) is 5.86. The minimum absolute atomic E-state index is 0.220. The van der Waals surface area contributed by atoms with Gasteiger partial charge in [0.2, 0.25) is 0 Å². The quantitative estimate of drug-likeness (QED) is 0.650. The topological polar surface area (TPSA) is 93.4 Å². The van der Waals surface area contributed by atoms with Gasteiger partial charge in [-0.15, -0.1) is 0 Å². The van der Waals surface area contributed by atoms with Gasteiger partial charge in [-0.2, -0.15) is 5.26 Å². The fourth-order valence-corrected chi connectivity index (χ4v) is 2.71. The van der Waals surface area contributed by atoms with Crippen LogP contribution < -0.4 is 5.32 Å². The van der Waals surface area contributed by atoms with Gasteiger partial charge in [0.05, 0.1) is 12.0 Å². The molecule has 0 aliphatic carbocycles. The molecule has 0 saturated carbocycles. The second-order valence-corrected chi connectivity index (χ2v) is 5.86. The highest BCUT2D eigenvalue weighted by molar-refractivity contribution is 6.08. The molecule has 0 saturated heterocycles. The van der Waals surface area contributed by atoms with Crippen LogP contribution in [0.4, 0.5) is 10.1 Å². The van der Waals surface area contributed by atoms with Gasteiger partial charge in [0, 0.05) is 5.69 Å². The molecule has 3 rings (SSSR count). The fourth-order valence-electron chi connectivity index (χ4n) is 2.71. The van der Waals surface area contributed by atoms with Gasteiger partial charge in [0.25, 0.3) is 5.91 Å². The summed E-state index contributed by atoms with van der Waals surface area (Å²) in [7, 11) is 0. The Morgan fingerprint density at radius 3 is 1.96 bits per heavy atom. The molecule has 0 radical (unpaired) electrons. The number of halogens is 1. The van der Waals surface area contributed by atoms with Crippen molar-refractivity contribution in [1.29, 1.82) is 5.26 Å². The molecule has 1 unspecified atom stereocenters. The number of hydrogen-bond donors (Lipinski definition) is 3. The molecule has 0 spiro atoms. The molecular formula is C21H15FN2O3. The average Bonchev–Trinajstić information content (AvgIpc) is 2.65. The molecule has 0 bridgehead atoms. The van der Waals surface area contributed by atoms with E-state index in [1.165, 1.54) is 30.3 Å². The Hall–Kier alpha value is -3.85. The molecule has 3 N–H and O–H groups in total. The molecule has 1 amide bonds. The van der Waals surface area contributed by atoms with E-state index in [1.54, 1.807) is 36.4 Å². The Bertz CT molecular complexity index is 989. The van der Waals surface area contributed by atoms with E-state index in [0.717, 1.165) is 0 Å². The lowest BCUT2D eigenvalue weighted by Crippen LogP contribution is -2.12. The molecule has 0 fully saturated rings. The number of amides is 1. The smallest absolute Gasteiger partial charge is 0.263 e. The van der Waals surface area contributed by atoms with E-state index in [2.05, 4.69) is 11.4 Å². The Morgan fingerprint density at radius 1 is 0.926 bits per heavy atom. The molecule has 5 nitrogen and oxygen atoms in total. The van der Waals surface area contributed by atoms with Crippen molar-refractivity contribution in [2.75, 3.05) is 5.32 Å². The third-order valence-corrected chi connectivity index (χ3v) is 4.08. The number of nitriles is 1. The summed E-state index contributed by atoms with van der Waals surface area (Å²) in [5.41, 5.74) is 1.56. The highest BCUT2D eigenvalue weighted by atomic mass is 19.1. The van der Waals surface area contributed by atoms with Crippen molar-refractivity contribution in [3.8, 4) is 17.6 Å². The van der Waals surface area contributed by atoms with E-state index in [9.17, 15) is 24.7 Å². The summed E-state index contributed by atoms with van der Waals surface area (Å²) in [6, 6.07) is 18.5. The maximum Gasteiger partial charge on any atom is 0.263 e. The largest absolute Gasteiger partial charge is 0.507 e. The molecule has 3 aromatic rings. The lowest BCUT2D eigenvalue weighted by molar-refractivity contribution is 0.102. The van der Waals surface area contributed by atoms with Crippen LogP contribution in [0.1, 0.15) is 27.4 Å². The van der Waals surface area contributed by atoms with E-state index in [4.69, 9.17) is 0 Å². The van der Waals surface area contributed by atoms with Crippen LogP contribution in [0, 0.1) is 17.1 Å². The van der Waals surface area contributed by atoms with E-state index >= 15 is 0 Å². The minimum Gasteiger partial charge on any atom is -0.507 e. The predicted octanol–water partition coefficient (Wildman–Crippen LogP) is 4.14. The number of rotatable bonds is 4. The number of hydrogen-bond acceptors (Lipinski definition) is 4. The molecule has 6 heteroatoms. The van der Waals surface area contributed by atoms with Crippen LogP contribution in [0.2, 0.25) is 0 Å². The van der Waals surface area contributed by atoms with E-state index in [-0.39, 0.29) is 22.9 Å². The normalized spacial score (nSPS) is 11.4. The number of phenolic OH excluding ortho intramolecular Hbond substituents is 2. The van der Waals surface area contributed by atoms with E-state index < -0.39 is 11.8 Å². The zero-order valence-electron chi connectivity index (χ0n) is 14.1. The van der Waals surface area contributed by atoms with Crippen LogP contribution in [-0.2, 0) is 0 Å². The number of nitrogens with one attached hydrogen (secondary N) is 1. The first-order chi connectivity index (χ1) is 13.0. The molecule has 0 heterocycles. The number of aromatic hydroxyl groups is 2. The van der Waals surface area contributed by atoms with Crippen LogP contribution >= 0.6 is 0 Å². The minimum atomic E-state index is -0.659. The van der Waals surface area contributed by atoms with Crippen LogP contribution in [0.15, 0.2) is 66.7 Å². The lowest BCUT2D eigenvalue weighted by Gasteiger charge is -2.12. The third-order valence-electron chi connectivity index (χ3n) is 4.08. The van der Waals surface area contributed by atoms with Crippen molar-refractivity contribution in [3.05, 3.63) is 89.2 Å². The first-order valence-corrected chi connectivity index (χ1v) is 8.07. The zero-order valence-corrected chi connectivity index (χ0v) is 14.1. The number of nitrogens with zero attached hydrogens (tertiary/aromatic N) is 1. The van der Waals surface area contributed by atoms with Crippen molar-refractivity contribution in [1.82, 2.24) is 0 Å². The monoisotopic (exact) mass is 362 g/mol. The molecule has 3 aromatic carbocycles. The Kier molecular flexibility index (Phi) is 5.04. The first kappa shape index (κ1) is 18.0. The van der Waals surface area contributed by atoms with Gasteiger partial charge < -0.3 is 15.5 Å². The highest BCUT2D eigenvalue weighted by Crippen LogP contribution is 2.28. The van der Waals surface area contributed by atoms with Crippen LogP contribution in [0.25, 0.3) is 0 Å². The Labute approximate surface area is 154 Å². The Balaban J connectivity index is 1.80. The molecule has 0 aromatic heterocycles. The van der Waals surface area contributed by atoms with Crippen molar-refractivity contribution in [3.63, 3.8) is 0 Å².